The van der Waals surface area contributed by atoms with Crippen molar-refractivity contribution < 1.29 is 29.0 Å². The molecule has 2 N–H and O–H groups in total. The average Bonchev–Trinajstić information content (AvgIpc) is 3.14. The lowest BCUT2D eigenvalue weighted by molar-refractivity contribution is -0.132. The molecule has 9 nitrogen and oxygen atoms in total. The molecule has 10 heteroatoms. The van der Waals surface area contributed by atoms with Crippen LogP contribution in [0.25, 0.3) is 5.76 Å². The third-order valence-electron chi connectivity index (χ3n) is 5.61. The van der Waals surface area contributed by atoms with Gasteiger partial charge in [0.05, 0.1) is 36.1 Å². The van der Waals surface area contributed by atoms with Gasteiger partial charge in [-0.1, -0.05) is 17.7 Å². The third-order valence-corrected chi connectivity index (χ3v) is 5.90. The van der Waals surface area contributed by atoms with Gasteiger partial charge in [-0.2, -0.15) is 0 Å². The molecule has 184 valence electrons. The molecule has 1 aliphatic rings. The maximum Gasteiger partial charge on any atom is 0.300 e. The number of Topliss-reactive ketones (excluding diaryl/α,β-unsaturated/α-hetero) is 1. The van der Waals surface area contributed by atoms with E-state index >= 15 is 0 Å². The first-order valence-electron chi connectivity index (χ1n) is 10.8. The lowest BCUT2D eigenvalue weighted by atomic mass is 9.97. The van der Waals surface area contributed by atoms with E-state index in [0.717, 1.165) is 0 Å². The molecule has 2 amide bonds. The Hall–Kier alpha value is -4.37. The third kappa shape index (κ3) is 4.48. The lowest BCUT2D eigenvalue weighted by Crippen LogP contribution is -2.29. The second kappa shape index (κ2) is 10.1. The van der Waals surface area contributed by atoms with Crippen LogP contribution >= 0.6 is 11.6 Å². The van der Waals surface area contributed by atoms with Crippen molar-refractivity contribution in [2.45, 2.75) is 13.0 Å². The molecule has 1 atom stereocenters. The summed E-state index contributed by atoms with van der Waals surface area (Å²) in [5, 5.41) is 14.2. The number of carbonyl (C=O) groups excluding carboxylic acids is 3. The molecule has 0 aliphatic carbocycles. The van der Waals surface area contributed by atoms with E-state index in [4.69, 9.17) is 21.1 Å². The minimum absolute atomic E-state index is 0.114. The molecule has 2 heterocycles. The van der Waals surface area contributed by atoms with E-state index in [9.17, 15) is 19.5 Å². The van der Waals surface area contributed by atoms with Crippen molar-refractivity contribution in [1.29, 1.82) is 0 Å². The van der Waals surface area contributed by atoms with Crippen LogP contribution in [-0.2, 0) is 14.4 Å². The molecule has 1 aliphatic heterocycles. The number of anilines is 2. The van der Waals surface area contributed by atoms with E-state index < -0.39 is 23.5 Å². The highest BCUT2D eigenvalue weighted by atomic mass is 35.5. The number of hydrogen-bond donors (Lipinski definition) is 2. The highest BCUT2D eigenvalue weighted by Crippen LogP contribution is 2.44. The zero-order chi connectivity index (χ0) is 26.0. The Kier molecular flexibility index (Phi) is 6.93. The van der Waals surface area contributed by atoms with E-state index in [1.54, 1.807) is 42.5 Å². The number of ketones is 1. The van der Waals surface area contributed by atoms with Crippen LogP contribution in [0.15, 0.2) is 66.4 Å². The van der Waals surface area contributed by atoms with Gasteiger partial charge in [-0.3, -0.25) is 24.3 Å². The van der Waals surface area contributed by atoms with Crippen LogP contribution in [0.1, 0.15) is 24.2 Å². The molecule has 1 fully saturated rings. The van der Waals surface area contributed by atoms with Crippen molar-refractivity contribution in [3.8, 4) is 11.5 Å². The molecule has 0 spiro atoms. The Labute approximate surface area is 211 Å². The standard InChI is InChI=1S/C26H22ClN3O6/c1-14(31)29-15-7-9-16(10-8-15)30-23(19-6-4-5-11-28-19)22(25(33)26(30)34)24(32)17-12-18(27)21(36-3)13-20(17)35-2/h4-13,23,32H,1-3H3,(H,29,31)/b24-22+. The number of ether oxygens (including phenoxy) is 2. The molecule has 0 bridgehead atoms. The van der Waals surface area contributed by atoms with E-state index in [2.05, 4.69) is 10.3 Å². The Morgan fingerprint density at radius 2 is 1.75 bits per heavy atom. The van der Waals surface area contributed by atoms with Crippen LogP contribution in [0.4, 0.5) is 11.4 Å². The second-order valence-electron chi connectivity index (χ2n) is 7.84. The van der Waals surface area contributed by atoms with Gasteiger partial charge < -0.3 is 19.9 Å². The second-order valence-corrected chi connectivity index (χ2v) is 8.25. The number of aromatic nitrogens is 1. The summed E-state index contributed by atoms with van der Waals surface area (Å²) in [7, 11) is 2.83. The molecular formula is C26H22ClN3O6. The molecule has 0 radical (unpaired) electrons. The Morgan fingerprint density at radius 3 is 2.33 bits per heavy atom. The number of benzene rings is 2. The number of halogens is 1. The fourth-order valence-corrected chi connectivity index (χ4v) is 4.26. The number of aliphatic hydroxyl groups is 1. The number of hydrogen-bond acceptors (Lipinski definition) is 7. The van der Waals surface area contributed by atoms with Crippen LogP contribution < -0.4 is 19.7 Å². The summed E-state index contributed by atoms with van der Waals surface area (Å²) < 4.78 is 10.6. The summed E-state index contributed by atoms with van der Waals surface area (Å²) in [6.45, 7) is 1.38. The number of rotatable bonds is 6. The van der Waals surface area contributed by atoms with Gasteiger partial charge in [0.2, 0.25) is 5.91 Å². The van der Waals surface area contributed by atoms with Gasteiger partial charge in [-0.25, -0.2) is 0 Å². The molecule has 0 saturated carbocycles. The number of nitrogens with zero attached hydrogens (tertiary/aromatic N) is 2. The number of amides is 2. The predicted molar refractivity (Wildman–Crippen MR) is 134 cm³/mol. The zero-order valence-corrected chi connectivity index (χ0v) is 20.4. The van der Waals surface area contributed by atoms with Crippen molar-refractivity contribution in [3.05, 3.63) is 82.6 Å². The monoisotopic (exact) mass is 507 g/mol. The summed E-state index contributed by atoms with van der Waals surface area (Å²) in [5.74, 6) is -1.96. The molecule has 2 aromatic carbocycles. The first kappa shape index (κ1) is 24.7. The fraction of sp³-hybridized carbons (Fsp3) is 0.154. The van der Waals surface area contributed by atoms with Gasteiger partial charge in [-0.15, -0.1) is 0 Å². The van der Waals surface area contributed by atoms with Crippen molar-refractivity contribution in [2.75, 3.05) is 24.4 Å². The van der Waals surface area contributed by atoms with Gasteiger partial charge >= 0.3 is 0 Å². The van der Waals surface area contributed by atoms with E-state index in [1.165, 1.54) is 44.4 Å². The highest BCUT2D eigenvalue weighted by molar-refractivity contribution is 6.51. The molecule has 1 unspecified atom stereocenters. The SMILES string of the molecule is COc1cc(OC)c(/C(O)=C2\C(=O)C(=O)N(c3ccc(NC(C)=O)cc3)C2c2ccccn2)cc1Cl. The van der Waals surface area contributed by atoms with Crippen LogP contribution in [0.3, 0.4) is 0 Å². The lowest BCUT2D eigenvalue weighted by Gasteiger charge is -2.25. The minimum atomic E-state index is -1.04. The number of pyridine rings is 1. The maximum absolute atomic E-state index is 13.3. The molecule has 1 aromatic heterocycles. The smallest absolute Gasteiger partial charge is 0.300 e. The molecule has 4 rings (SSSR count). The molecule has 3 aromatic rings. The average molecular weight is 508 g/mol. The van der Waals surface area contributed by atoms with Crippen LogP contribution in [0.5, 0.6) is 11.5 Å². The number of aliphatic hydroxyl groups excluding tert-OH is 1. The summed E-state index contributed by atoms with van der Waals surface area (Å²) in [6.07, 6.45) is 1.53. The van der Waals surface area contributed by atoms with Gasteiger partial charge in [-0.05, 0) is 42.5 Å². The summed E-state index contributed by atoms with van der Waals surface area (Å²) in [4.78, 5) is 43.6. The van der Waals surface area contributed by atoms with Crippen LogP contribution in [0, 0.1) is 0 Å². The quantitative estimate of drug-likeness (QED) is 0.289. The number of methoxy groups -OCH3 is 2. The normalized spacial score (nSPS) is 16.7. The number of carbonyl (C=O) groups is 3. The summed E-state index contributed by atoms with van der Waals surface area (Å²) in [5.41, 5.74) is 1.20. The Balaban J connectivity index is 1.91. The van der Waals surface area contributed by atoms with Crippen molar-refractivity contribution >= 4 is 46.3 Å². The van der Waals surface area contributed by atoms with Crippen LogP contribution in [-0.4, -0.2) is 41.9 Å². The topological polar surface area (TPSA) is 118 Å². The van der Waals surface area contributed by atoms with Gasteiger partial charge in [0.1, 0.15) is 23.3 Å². The number of nitrogens with one attached hydrogen (secondary N) is 1. The summed E-state index contributed by atoms with van der Waals surface area (Å²) in [6, 6.07) is 13.3. The van der Waals surface area contributed by atoms with Gasteiger partial charge in [0.25, 0.3) is 11.7 Å². The van der Waals surface area contributed by atoms with E-state index in [-0.39, 0.29) is 27.8 Å². The van der Waals surface area contributed by atoms with Gasteiger partial charge in [0.15, 0.2) is 0 Å². The van der Waals surface area contributed by atoms with Crippen molar-refractivity contribution in [3.63, 3.8) is 0 Å². The van der Waals surface area contributed by atoms with Crippen LogP contribution in [0.2, 0.25) is 5.02 Å². The molecular weight excluding hydrogens is 486 g/mol. The van der Waals surface area contributed by atoms with E-state index in [1.807, 2.05) is 0 Å². The maximum atomic E-state index is 13.3. The molecule has 36 heavy (non-hydrogen) atoms. The molecule has 1 saturated heterocycles. The minimum Gasteiger partial charge on any atom is -0.507 e. The predicted octanol–water partition coefficient (Wildman–Crippen LogP) is 4.34. The highest BCUT2D eigenvalue weighted by Gasteiger charge is 2.48. The first-order valence-corrected chi connectivity index (χ1v) is 11.2. The fourth-order valence-electron chi connectivity index (χ4n) is 4.02. The van der Waals surface area contributed by atoms with Crippen molar-refractivity contribution in [1.82, 2.24) is 4.98 Å². The van der Waals surface area contributed by atoms with Gasteiger partial charge in [0, 0.05) is 30.6 Å². The summed E-state index contributed by atoms with van der Waals surface area (Å²) >= 11 is 6.28. The largest absolute Gasteiger partial charge is 0.507 e. The first-order chi connectivity index (χ1) is 17.3. The Bertz CT molecular complexity index is 1370. The van der Waals surface area contributed by atoms with E-state index in [0.29, 0.717) is 22.8 Å². The van der Waals surface area contributed by atoms with Crippen molar-refractivity contribution in [2.24, 2.45) is 0 Å². The zero-order valence-electron chi connectivity index (χ0n) is 19.6. The Morgan fingerprint density at radius 1 is 1.06 bits per heavy atom.